The second-order valence-corrected chi connectivity index (χ2v) is 8.61. The van der Waals surface area contributed by atoms with Crippen molar-refractivity contribution < 1.29 is 14.3 Å². The van der Waals surface area contributed by atoms with E-state index in [-0.39, 0.29) is 6.09 Å². The van der Waals surface area contributed by atoms with Gasteiger partial charge < -0.3 is 14.4 Å². The van der Waals surface area contributed by atoms with Crippen molar-refractivity contribution >= 4 is 6.09 Å². The molecule has 2 aromatic rings. The molecule has 1 heterocycles. The minimum absolute atomic E-state index is 0.210. The number of nitrogens with zero attached hydrogens (tertiary/aromatic N) is 1. The minimum Gasteiger partial charge on any atom is -0.493 e. The first kappa shape index (κ1) is 20.2. The summed E-state index contributed by atoms with van der Waals surface area (Å²) in [6, 6.07) is 16.8. The highest BCUT2D eigenvalue weighted by Gasteiger charge is 2.27. The molecule has 0 atom stereocenters. The standard InChI is InChI=1S/C24H31NO3/c1-18-5-7-20(8-6-18)21-9-11-22(12-10-21)27-17-19-13-15-25(16-14-19)23(26)28-24(2,3)4/h5-12,19H,13-17H2,1-4H3. The first-order valence-corrected chi connectivity index (χ1v) is 10.1. The van der Waals surface area contributed by atoms with Crippen molar-refractivity contribution in [1.82, 2.24) is 4.90 Å². The zero-order valence-corrected chi connectivity index (χ0v) is 17.4. The Hall–Kier alpha value is -2.49. The molecule has 0 unspecified atom stereocenters. The molecular formula is C24H31NO3. The lowest BCUT2D eigenvalue weighted by Crippen LogP contribution is -2.42. The number of amides is 1. The minimum atomic E-state index is -0.443. The lowest BCUT2D eigenvalue weighted by Gasteiger charge is -2.33. The van der Waals surface area contributed by atoms with Crippen LogP contribution in [0.2, 0.25) is 0 Å². The van der Waals surface area contributed by atoms with Crippen molar-refractivity contribution in [2.45, 2.75) is 46.1 Å². The van der Waals surface area contributed by atoms with E-state index < -0.39 is 5.60 Å². The summed E-state index contributed by atoms with van der Waals surface area (Å²) in [5.41, 5.74) is 3.23. The largest absolute Gasteiger partial charge is 0.493 e. The number of piperidine rings is 1. The quantitative estimate of drug-likeness (QED) is 0.683. The van der Waals surface area contributed by atoms with Gasteiger partial charge in [-0.25, -0.2) is 4.79 Å². The van der Waals surface area contributed by atoms with Crippen molar-refractivity contribution in [2.24, 2.45) is 5.92 Å². The van der Waals surface area contributed by atoms with Gasteiger partial charge in [0.25, 0.3) is 0 Å². The number of hydrogen-bond donors (Lipinski definition) is 0. The normalized spacial score (nSPS) is 15.4. The van der Waals surface area contributed by atoms with E-state index in [4.69, 9.17) is 9.47 Å². The molecule has 28 heavy (non-hydrogen) atoms. The Labute approximate surface area is 168 Å². The van der Waals surface area contributed by atoms with Crippen molar-refractivity contribution in [1.29, 1.82) is 0 Å². The number of rotatable bonds is 4. The Morgan fingerprint density at radius 1 is 0.964 bits per heavy atom. The van der Waals surface area contributed by atoms with Gasteiger partial charge in [0.15, 0.2) is 0 Å². The molecule has 150 valence electrons. The van der Waals surface area contributed by atoms with Crippen LogP contribution < -0.4 is 4.74 Å². The average molecular weight is 382 g/mol. The van der Waals surface area contributed by atoms with Gasteiger partial charge >= 0.3 is 6.09 Å². The third-order valence-electron chi connectivity index (χ3n) is 4.99. The number of carbonyl (C=O) groups excluding carboxylic acids is 1. The summed E-state index contributed by atoms with van der Waals surface area (Å²) < 4.78 is 11.4. The van der Waals surface area contributed by atoms with Crippen LogP contribution >= 0.6 is 0 Å². The van der Waals surface area contributed by atoms with Gasteiger partial charge in [-0.2, -0.15) is 0 Å². The highest BCUT2D eigenvalue weighted by Crippen LogP contribution is 2.25. The van der Waals surface area contributed by atoms with E-state index in [2.05, 4.69) is 43.3 Å². The highest BCUT2D eigenvalue weighted by atomic mass is 16.6. The van der Waals surface area contributed by atoms with Crippen molar-refractivity contribution in [3.8, 4) is 16.9 Å². The molecule has 3 rings (SSSR count). The number of benzene rings is 2. The predicted molar refractivity (Wildman–Crippen MR) is 113 cm³/mol. The second kappa shape index (κ2) is 8.68. The van der Waals surface area contributed by atoms with E-state index in [0.29, 0.717) is 12.5 Å². The average Bonchev–Trinajstić information content (AvgIpc) is 2.66. The lowest BCUT2D eigenvalue weighted by atomic mass is 9.98. The summed E-state index contributed by atoms with van der Waals surface area (Å²) in [5, 5.41) is 0. The maximum atomic E-state index is 12.1. The Morgan fingerprint density at radius 2 is 1.50 bits per heavy atom. The second-order valence-electron chi connectivity index (χ2n) is 8.61. The monoisotopic (exact) mass is 381 g/mol. The molecule has 1 saturated heterocycles. The molecule has 0 aromatic heterocycles. The highest BCUT2D eigenvalue weighted by molar-refractivity contribution is 5.68. The maximum Gasteiger partial charge on any atom is 0.410 e. The van der Waals surface area contributed by atoms with Gasteiger partial charge in [-0.05, 0) is 69.7 Å². The van der Waals surface area contributed by atoms with E-state index in [1.807, 2.05) is 32.9 Å². The van der Waals surface area contributed by atoms with Gasteiger partial charge in [0, 0.05) is 13.1 Å². The molecule has 4 heteroatoms. The SMILES string of the molecule is Cc1ccc(-c2ccc(OCC3CCN(C(=O)OC(C)(C)C)CC3)cc2)cc1. The molecule has 0 radical (unpaired) electrons. The molecule has 0 spiro atoms. The fourth-order valence-electron chi connectivity index (χ4n) is 3.31. The van der Waals surface area contributed by atoms with E-state index in [1.54, 1.807) is 4.90 Å². The third-order valence-corrected chi connectivity index (χ3v) is 4.99. The summed E-state index contributed by atoms with van der Waals surface area (Å²) in [5.74, 6) is 1.36. The van der Waals surface area contributed by atoms with Crippen LogP contribution in [0.1, 0.15) is 39.2 Å². The van der Waals surface area contributed by atoms with Crippen LogP contribution in [-0.2, 0) is 4.74 Å². The van der Waals surface area contributed by atoms with Crippen molar-refractivity contribution in [2.75, 3.05) is 19.7 Å². The molecule has 1 fully saturated rings. The molecule has 0 aliphatic carbocycles. The zero-order valence-electron chi connectivity index (χ0n) is 17.4. The third kappa shape index (κ3) is 5.75. The van der Waals surface area contributed by atoms with Gasteiger partial charge in [-0.15, -0.1) is 0 Å². The van der Waals surface area contributed by atoms with Crippen LogP contribution in [-0.4, -0.2) is 36.3 Å². The summed E-state index contributed by atoms with van der Waals surface area (Å²) in [4.78, 5) is 13.9. The zero-order chi connectivity index (χ0) is 20.1. The van der Waals surface area contributed by atoms with Gasteiger partial charge in [0.2, 0.25) is 0 Å². The molecule has 1 aliphatic rings. The summed E-state index contributed by atoms with van der Waals surface area (Å²) in [6.07, 6.45) is 1.68. The van der Waals surface area contributed by atoms with Gasteiger partial charge in [-0.1, -0.05) is 42.0 Å². The number of likely N-dealkylation sites (tertiary alicyclic amines) is 1. The van der Waals surface area contributed by atoms with Gasteiger partial charge in [-0.3, -0.25) is 0 Å². The smallest absolute Gasteiger partial charge is 0.410 e. The van der Waals surface area contributed by atoms with Crippen LogP contribution in [0.3, 0.4) is 0 Å². The number of hydrogen-bond acceptors (Lipinski definition) is 3. The van der Waals surface area contributed by atoms with Crippen LogP contribution in [0.4, 0.5) is 4.79 Å². The van der Waals surface area contributed by atoms with Crippen LogP contribution in [0.5, 0.6) is 5.75 Å². The molecular weight excluding hydrogens is 350 g/mol. The lowest BCUT2D eigenvalue weighted by molar-refractivity contribution is 0.0165. The fraction of sp³-hybridized carbons (Fsp3) is 0.458. The molecule has 2 aromatic carbocycles. The number of ether oxygens (including phenoxy) is 2. The molecule has 0 saturated carbocycles. The van der Waals surface area contributed by atoms with E-state index in [1.165, 1.54) is 16.7 Å². The van der Waals surface area contributed by atoms with Crippen molar-refractivity contribution in [3.05, 3.63) is 54.1 Å². The van der Waals surface area contributed by atoms with Gasteiger partial charge in [0.05, 0.1) is 6.61 Å². The summed E-state index contributed by atoms with van der Waals surface area (Å²) >= 11 is 0. The van der Waals surface area contributed by atoms with Crippen LogP contribution in [0.15, 0.2) is 48.5 Å². The first-order chi connectivity index (χ1) is 13.3. The van der Waals surface area contributed by atoms with E-state index in [9.17, 15) is 4.79 Å². The van der Waals surface area contributed by atoms with Gasteiger partial charge in [0.1, 0.15) is 11.4 Å². The Bertz CT molecular complexity index is 767. The topological polar surface area (TPSA) is 38.8 Å². The Morgan fingerprint density at radius 3 is 2.04 bits per heavy atom. The maximum absolute atomic E-state index is 12.1. The van der Waals surface area contributed by atoms with E-state index in [0.717, 1.165) is 31.7 Å². The van der Waals surface area contributed by atoms with Crippen molar-refractivity contribution in [3.63, 3.8) is 0 Å². The number of aryl methyl sites for hydroxylation is 1. The molecule has 0 bridgehead atoms. The fourth-order valence-corrected chi connectivity index (χ4v) is 3.31. The predicted octanol–water partition coefficient (Wildman–Crippen LogP) is 5.69. The van der Waals surface area contributed by atoms with Crippen LogP contribution in [0, 0.1) is 12.8 Å². The molecule has 4 nitrogen and oxygen atoms in total. The molecule has 0 N–H and O–H groups in total. The molecule has 1 aliphatic heterocycles. The van der Waals surface area contributed by atoms with Crippen LogP contribution in [0.25, 0.3) is 11.1 Å². The van der Waals surface area contributed by atoms with E-state index >= 15 is 0 Å². The molecule has 1 amide bonds. The Balaban J connectivity index is 1.45. The summed E-state index contributed by atoms with van der Waals surface area (Å²) in [7, 11) is 0. The summed E-state index contributed by atoms with van der Waals surface area (Å²) in [6.45, 7) is 9.94. The Kier molecular flexibility index (Phi) is 6.28. The number of carbonyl (C=O) groups is 1. The first-order valence-electron chi connectivity index (χ1n) is 10.1.